The van der Waals surface area contributed by atoms with Crippen molar-refractivity contribution in [3.05, 3.63) is 95.6 Å². The third kappa shape index (κ3) is 6.19. The first-order chi connectivity index (χ1) is 18.8. The summed E-state index contributed by atoms with van der Waals surface area (Å²) in [6.45, 7) is 2.26. The number of amides is 2. The summed E-state index contributed by atoms with van der Waals surface area (Å²) in [5, 5.41) is 4.01. The molecular formula is C28H26ClN5O4S. The average Bonchev–Trinajstić information content (AvgIpc) is 2.94. The van der Waals surface area contributed by atoms with E-state index in [-0.39, 0.29) is 23.3 Å². The van der Waals surface area contributed by atoms with Crippen molar-refractivity contribution in [1.29, 1.82) is 0 Å². The smallest absolute Gasteiger partial charge is 0.264 e. The molecule has 0 spiro atoms. The zero-order chi connectivity index (χ0) is 27.4. The Morgan fingerprint density at radius 2 is 1.59 bits per heavy atom. The van der Waals surface area contributed by atoms with Crippen LogP contribution in [-0.4, -0.2) is 67.7 Å². The Bertz CT molecular complexity index is 1620. The number of para-hydroxylation sites is 2. The first-order valence-electron chi connectivity index (χ1n) is 12.3. The summed E-state index contributed by atoms with van der Waals surface area (Å²) in [7, 11) is -3.89. The molecule has 5 rings (SSSR count). The molecule has 3 aromatic carbocycles. The molecule has 0 saturated carbocycles. The number of anilines is 2. The van der Waals surface area contributed by atoms with Gasteiger partial charge in [-0.25, -0.2) is 8.42 Å². The summed E-state index contributed by atoms with van der Waals surface area (Å²) >= 11 is 6.10. The fraction of sp³-hybridized carbons (Fsp3) is 0.179. The van der Waals surface area contributed by atoms with E-state index in [1.807, 2.05) is 4.90 Å². The molecule has 2 heterocycles. The summed E-state index contributed by atoms with van der Waals surface area (Å²) in [6, 6.07) is 21.9. The van der Waals surface area contributed by atoms with E-state index in [1.165, 1.54) is 6.07 Å². The molecule has 11 heteroatoms. The maximum absolute atomic E-state index is 13.0. The Balaban J connectivity index is 1.16. The molecule has 39 heavy (non-hydrogen) atoms. The molecule has 0 unspecified atom stereocenters. The van der Waals surface area contributed by atoms with Gasteiger partial charge in [0.15, 0.2) is 0 Å². The lowest BCUT2D eigenvalue weighted by atomic mass is 10.1. The lowest BCUT2D eigenvalue weighted by Gasteiger charge is -2.34. The zero-order valence-corrected chi connectivity index (χ0v) is 22.5. The first-order valence-corrected chi connectivity index (χ1v) is 14.2. The Labute approximate surface area is 231 Å². The Kier molecular flexibility index (Phi) is 7.78. The van der Waals surface area contributed by atoms with Gasteiger partial charge in [0.25, 0.3) is 15.9 Å². The van der Waals surface area contributed by atoms with Crippen molar-refractivity contribution in [3.63, 3.8) is 0 Å². The van der Waals surface area contributed by atoms with E-state index in [0.717, 1.165) is 5.39 Å². The Morgan fingerprint density at radius 3 is 2.33 bits per heavy atom. The molecular weight excluding hydrogens is 538 g/mol. The number of carbonyl (C=O) groups excluding carboxylic acids is 2. The maximum Gasteiger partial charge on any atom is 0.264 e. The lowest BCUT2D eigenvalue weighted by Crippen LogP contribution is -2.50. The van der Waals surface area contributed by atoms with Gasteiger partial charge in [-0.3, -0.25) is 24.2 Å². The highest BCUT2D eigenvalue weighted by atomic mass is 35.5. The van der Waals surface area contributed by atoms with Gasteiger partial charge in [-0.15, -0.1) is 0 Å². The monoisotopic (exact) mass is 563 g/mol. The van der Waals surface area contributed by atoms with Crippen LogP contribution in [0, 0.1) is 0 Å². The van der Waals surface area contributed by atoms with Crippen molar-refractivity contribution in [2.45, 2.75) is 4.90 Å². The molecule has 0 bridgehead atoms. The van der Waals surface area contributed by atoms with Gasteiger partial charge in [-0.2, -0.15) is 0 Å². The van der Waals surface area contributed by atoms with E-state index in [4.69, 9.17) is 11.6 Å². The number of sulfonamides is 1. The highest BCUT2D eigenvalue weighted by Crippen LogP contribution is 2.24. The molecule has 9 nitrogen and oxygen atoms in total. The van der Waals surface area contributed by atoms with Crippen LogP contribution in [0.25, 0.3) is 10.9 Å². The number of carbonyl (C=O) groups is 2. The van der Waals surface area contributed by atoms with E-state index in [2.05, 4.69) is 15.0 Å². The second-order valence-corrected chi connectivity index (χ2v) is 11.2. The molecule has 4 aromatic rings. The van der Waals surface area contributed by atoms with Crippen molar-refractivity contribution >= 4 is 55.7 Å². The fourth-order valence-corrected chi connectivity index (χ4v) is 5.85. The molecule has 1 fully saturated rings. The van der Waals surface area contributed by atoms with Crippen LogP contribution >= 0.6 is 11.6 Å². The van der Waals surface area contributed by atoms with Crippen molar-refractivity contribution in [2.75, 3.05) is 42.8 Å². The minimum atomic E-state index is -3.89. The van der Waals surface area contributed by atoms with Crippen molar-refractivity contribution < 1.29 is 18.0 Å². The Morgan fingerprint density at radius 1 is 0.872 bits per heavy atom. The topological polar surface area (TPSA) is 112 Å². The van der Waals surface area contributed by atoms with Crippen molar-refractivity contribution in [2.24, 2.45) is 0 Å². The zero-order valence-electron chi connectivity index (χ0n) is 20.9. The summed E-state index contributed by atoms with van der Waals surface area (Å²) in [5.41, 5.74) is 1.75. The number of benzene rings is 3. The molecule has 1 saturated heterocycles. The number of rotatable bonds is 7. The Hall–Kier alpha value is -3.99. The number of halogens is 1. The summed E-state index contributed by atoms with van der Waals surface area (Å²) in [4.78, 5) is 33.5. The van der Waals surface area contributed by atoms with Crippen LogP contribution in [0.5, 0.6) is 0 Å². The molecule has 1 aromatic heterocycles. The van der Waals surface area contributed by atoms with E-state index in [9.17, 15) is 18.0 Å². The van der Waals surface area contributed by atoms with Gasteiger partial charge in [-0.05, 0) is 48.5 Å². The van der Waals surface area contributed by atoms with E-state index < -0.39 is 10.0 Å². The minimum absolute atomic E-state index is 0.0826. The lowest BCUT2D eigenvalue weighted by molar-refractivity contribution is -0.117. The van der Waals surface area contributed by atoms with Gasteiger partial charge in [-0.1, -0.05) is 41.9 Å². The van der Waals surface area contributed by atoms with Crippen LogP contribution in [0.4, 0.5) is 11.4 Å². The average molecular weight is 564 g/mol. The van der Waals surface area contributed by atoms with Crippen LogP contribution in [-0.2, 0) is 14.8 Å². The number of hydrogen-bond acceptors (Lipinski definition) is 6. The van der Waals surface area contributed by atoms with Gasteiger partial charge in [0.2, 0.25) is 5.91 Å². The predicted octanol–water partition coefficient (Wildman–Crippen LogP) is 4.09. The van der Waals surface area contributed by atoms with Crippen LogP contribution < -0.4 is 10.0 Å². The van der Waals surface area contributed by atoms with Crippen molar-refractivity contribution in [3.8, 4) is 0 Å². The third-order valence-electron chi connectivity index (χ3n) is 6.44. The highest BCUT2D eigenvalue weighted by Gasteiger charge is 2.24. The normalized spacial score (nSPS) is 14.2. The summed E-state index contributed by atoms with van der Waals surface area (Å²) in [6.07, 6.45) is 1.55. The molecule has 200 valence electrons. The number of pyridine rings is 1. The van der Waals surface area contributed by atoms with E-state index in [0.29, 0.717) is 53.7 Å². The SMILES string of the molecule is O=C(CN1CCN(C(=O)c2ccc(NS(=O)(=O)c3cccc4cccnc34)cc2)CC1)Nc1ccccc1Cl. The second kappa shape index (κ2) is 11.4. The third-order valence-corrected chi connectivity index (χ3v) is 8.19. The van der Waals surface area contributed by atoms with E-state index >= 15 is 0 Å². The van der Waals surface area contributed by atoms with Gasteiger partial charge in [0.05, 0.1) is 22.8 Å². The van der Waals surface area contributed by atoms with E-state index in [1.54, 1.807) is 83.9 Å². The highest BCUT2D eigenvalue weighted by molar-refractivity contribution is 7.93. The van der Waals surface area contributed by atoms with Crippen LogP contribution in [0.15, 0.2) is 90.0 Å². The number of fused-ring (bicyclic) bond motifs is 1. The molecule has 0 radical (unpaired) electrons. The second-order valence-electron chi connectivity index (χ2n) is 9.11. The van der Waals surface area contributed by atoms with Gasteiger partial charge >= 0.3 is 0 Å². The van der Waals surface area contributed by atoms with Crippen LogP contribution in [0.2, 0.25) is 5.02 Å². The predicted molar refractivity (Wildman–Crippen MR) is 151 cm³/mol. The molecule has 0 aliphatic carbocycles. The number of nitrogens with zero attached hydrogens (tertiary/aromatic N) is 3. The molecule has 2 N–H and O–H groups in total. The van der Waals surface area contributed by atoms with Crippen LogP contribution in [0.3, 0.4) is 0 Å². The standard InChI is InChI=1S/C28H26ClN5O4S/c29-23-7-1-2-8-24(23)31-26(35)19-33-15-17-34(18-16-33)28(36)21-10-12-22(13-11-21)32-39(37,38)25-9-3-5-20-6-4-14-30-27(20)25/h1-14,32H,15-19H2,(H,31,35). The summed E-state index contributed by atoms with van der Waals surface area (Å²) in [5.74, 6) is -0.317. The molecule has 2 amide bonds. The number of piperazine rings is 1. The molecule has 1 aliphatic heterocycles. The quantitative estimate of drug-likeness (QED) is 0.350. The number of nitrogens with one attached hydrogen (secondary N) is 2. The number of aromatic nitrogens is 1. The van der Waals surface area contributed by atoms with Crippen LogP contribution in [0.1, 0.15) is 10.4 Å². The van der Waals surface area contributed by atoms with Gasteiger partial charge in [0, 0.05) is 49.0 Å². The molecule has 0 atom stereocenters. The first kappa shape index (κ1) is 26.6. The summed E-state index contributed by atoms with van der Waals surface area (Å²) < 4.78 is 28.7. The van der Waals surface area contributed by atoms with Gasteiger partial charge in [0.1, 0.15) is 4.90 Å². The molecule has 1 aliphatic rings. The fourth-order valence-electron chi connectivity index (χ4n) is 4.43. The minimum Gasteiger partial charge on any atom is -0.336 e. The maximum atomic E-state index is 13.0. The largest absolute Gasteiger partial charge is 0.336 e. The number of hydrogen-bond donors (Lipinski definition) is 2. The van der Waals surface area contributed by atoms with Gasteiger partial charge < -0.3 is 10.2 Å². The van der Waals surface area contributed by atoms with Crippen molar-refractivity contribution in [1.82, 2.24) is 14.8 Å².